The van der Waals surface area contributed by atoms with E-state index in [1.807, 2.05) is 0 Å². The van der Waals surface area contributed by atoms with Crippen LogP contribution >= 0.6 is 11.6 Å². The minimum absolute atomic E-state index is 0.0493. The number of hydrogen-bond acceptors (Lipinski definition) is 5. The Balaban J connectivity index is 1.45. The Bertz CT molecular complexity index is 1160. The Kier molecular flexibility index (Phi) is 6.44. The maximum atomic E-state index is 12.9. The van der Waals surface area contributed by atoms with E-state index in [0.29, 0.717) is 31.1 Å². The molecule has 3 N–H and O–H groups in total. The standard InChI is InChI=1S/C22H27ClN4O4S/c1-14(21(28)26-9-2-3-18(24)13-26)27-10-8-20(22(27)29)25-32(30,31)19-7-5-15-11-17(23)6-4-16(15)12-19/h4-7,11-12,14,18,20,25H,2-3,8-10,13,24H2,1H3/t14-,18-,20?/m0/s1. The Labute approximate surface area is 192 Å². The van der Waals surface area contributed by atoms with Crippen LogP contribution in [-0.4, -0.2) is 67.8 Å². The van der Waals surface area contributed by atoms with Crippen LogP contribution in [0.3, 0.4) is 0 Å². The molecule has 0 bridgehead atoms. The van der Waals surface area contributed by atoms with Gasteiger partial charge in [0.1, 0.15) is 12.1 Å². The fourth-order valence-electron chi connectivity index (χ4n) is 4.42. The fraction of sp³-hybridized carbons (Fsp3) is 0.455. The topological polar surface area (TPSA) is 113 Å². The summed E-state index contributed by atoms with van der Waals surface area (Å²) in [6.45, 7) is 3.11. The van der Waals surface area contributed by atoms with Crippen molar-refractivity contribution in [2.24, 2.45) is 5.73 Å². The highest BCUT2D eigenvalue weighted by atomic mass is 35.5. The molecule has 2 saturated heterocycles. The molecule has 0 aliphatic carbocycles. The third-order valence-corrected chi connectivity index (χ3v) is 7.92. The summed E-state index contributed by atoms with van der Waals surface area (Å²) in [5.74, 6) is -0.534. The van der Waals surface area contributed by atoms with Crippen molar-refractivity contribution in [3.8, 4) is 0 Å². The van der Waals surface area contributed by atoms with Crippen LogP contribution in [0, 0.1) is 0 Å². The molecule has 4 rings (SSSR count). The third-order valence-electron chi connectivity index (χ3n) is 6.22. The number of hydrogen-bond donors (Lipinski definition) is 2. The molecule has 3 atom stereocenters. The lowest BCUT2D eigenvalue weighted by molar-refractivity contribution is -0.144. The molecule has 0 aromatic heterocycles. The van der Waals surface area contributed by atoms with Gasteiger partial charge in [0.15, 0.2) is 0 Å². The second-order valence-electron chi connectivity index (χ2n) is 8.51. The van der Waals surface area contributed by atoms with Crippen molar-refractivity contribution in [3.05, 3.63) is 41.4 Å². The van der Waals surface area contributed by atoms with E-state index in [0.717, 1.165) is 23.6 Å². The zero-order chi connectivity index (χ0) is 23.0. The Morgan fingerprint density at radius 1 is 1.16 bits per heavy atom. The van der Waals surface area contributed by atoms with E-state index in [4.69, 9.17) is 17.3 Å². The lowest BCUT2D eigenvalue weighted by atomic mass is 10.1. The second kappa shape index (κ2) is 8.97. The molecule has 10 heteroatoms. The van der Waals surface area contributed by atoms with Gasteiger partial charge < -0.3 is 15.5 Å². The van der Waals surface area contributed by atoms with Gasteiger partial charge >= 0.3 is 0 Å². The number of rotatable bonds is 5. The summed E-state index contributed by atoms with van der Waals surface area (Å²) in [6, 6.07) is 8.31. The second-order valence-corrected chi connectivity index (χ2v) is 10.7. The largest absolute Gasteiger partial charge is 0.339 e. The molecule has 0 saturated carbocycles. The minimum Gasteiger partial charge on any atom is -0.339 e. The van der Waals surface area contributed by atoms with E-state index in [1.54, 1.807) is 42.2 Å². The van der Waals surface area contributed by atoms with E-state index in [9.17, 15) is 18.0 Å². The van der Waals surface area contributed by atoms with E-state index in [-0.39, 0.29) is 22.8 Å². The van der Waals surface area contributed by atoms with Gasteiger partial charge in [0, 0.05) is 30.7 Å². The molecule has 32 heavy (non-hydrogen) atoms. The minimum atomic E-state index is -3.92. The molecule has 0 spiro atoms. The number of likely N-dealkylation sites (tertiary alicyclic amines) is 2. The van der Waals surface area contributed by atoms with E-state index < -0.39 is 22.1 Å². The number of halogens is 1. The molecule has 172 valence electrons. The predicted octanol–water partition coefficient (Wildman–Crippen LogP) is 1.71. The van der Waals surface area contributed by atoms with Gasteiger partial charge in [-0.1, -0.05) is 23.7 Å². The third kappa shape index (κ3) is 4.61. The SMILES string of the molecule is C[C@@H](C(=O)N1CCC[C@H](N)C1)N1CCC(NS(=O)(=O)c2ccc3cc(Cl)ccc3c2)C1=O. The molecular weight excluding hydrogens is 452 g/mol. The molecule has 2 fully saturated rings. The van der Waals surface area contributed by atoms with Gasteiger partial charge in [0.25, 0.3) is 0 Å². The summed E-state index contributed by atoms with van der Waals surface area (Å²) >= 11 is 5.99. The molecule has 2 aliphatic rings. The van der Waals surface area contributed by atoms with Gasteiger partial charge in [-0.25, -0.2) is 8.42 Å². The monoisotopic (exact) mass is 478 g/mol. The average molecular weight is 479 g/mol. The van der Waals surface area contributed by atoms with E-state index in [2.05, 4.69) is 4.72 Å². The lowest BCUT2D eigenvalue weighted by Crippen LogP contribution is -2.54. The number of nitrogens with zero attached hydrogens (tertiary/aromatic N) is 2. The maximum absolute atomic E-state index is 12.9. The van der Waals surface area contributed by atoms with Crippen LogP contribution < -0.4 is 10.5 Å². The fourth-order valence-corrected chi connectivity index (χ4v) is 5.86. The molecule has 2 aromatic rings. The summed E-state index contributed by atoms with van der Waals surface area (Å²) < 4.78 is 28.4. The van der Waals surface area contributed by atoms with Gasteiger partial charge in [-0.05, 0) is 61.2 Å². The molecule has 2 amide bonds. The highest BCUT2D eigenvalue weighted by molar-refractivity contribution is 7.89. The number of benzene rings is 2. The summed E-state index contributed by atoms with van der Waals surface area (Å²) in [7, 11) is -3.92. The van der Waals surface area contributed by atoms with Crippen LogP contribution in [-0.2, 0) is 19.6 Å². The smallest absolute Gasteiger partial charge is 0.245 e. The Hall–Kier alpha value is -2.20. The van der Waals surface area contributed by atoms with Crippen molar-refractivity contribution in [3.63, 3.8) is 0 Å². The lowest BCUT2D eigenvalue weighted by Gasteiger charge is -2.35. The predicted molar refractivity (Wildman–Crippen MR) is 123 cm³/mol. The first-order valence-electron chi connectivity index (χ1n) is 10.7. The summed E-state index contributed by atoms with van der Waals surface area (Å²) in [5, 5.41) is 2.12. The number of sulfonamides is 1. The Morgan fingerprint density at radius 3 is 2.62 bits per heavy atom. The summed E-state index contributed by atoms with van der Waals surface area (Å²) in [4.78, 5) is 29.0. The van der Waals surface area contributed by atoms with Crippen LogP contribution in [0.15, 0.2) is 41.3 Å². The summed E-state index contributed by atoms with van der Waals surface area (Å²) in [6.07, 6.45) is 2.03. The number of nitrogens with two attached hydrogens (primary N) is 1. The van der Waals surface area contributed by atoms with Gasteiger partial charge in [0.2, 0.25) is 21.8 Å². The van der Waals surface area contributed by atoms with Crippen molar-refractivity contribution in [1.29, 1.82) is 0 Å². The first-order chi connectivity index (χ1) is 15.2. The van der Waals surface area contributed by atoms with Gasteiger partial charge in [0.05, 0.1) is 4.90 Å². The van der Waals surface area contributed by atoms with Gasteiger partial charge in [-0.15, -0.1) is 0 Å². The molecule has 2 aromatic carbocycles. The molecule has 0 radical (unpaired) electrons. The van der Waals surface area contributed by atoms with Crippen LogP contribution in [0.25, 0.3) is 10.8 Å². The Morgan fingerprint density at radius 2 is 1.88 bits per heavy atom. The highest BCUT2D eigenvalue weighted by Gasteiger charge is 2.40. The number of carbonyl (C=O) groups is 2. The average Bonchev–Trinajstić information content (AvgIpc) is 3.11. The molecule has 8 nitrogen and oxygen atoms in total. The first kappa shape index (κ1) is 23.0. The number of nitrogens with one attached hydrogen (secondary N) is 1. The van der Waals surface area contributed by atoms with Gasteiger partial charge in [-0.3, -0.25) is 9.59 Å². The van der Waals surface area contributed by atoms with Crippen LogP contribution in [0.4, 0.5) is 0 Å². The van der Waals surface area contributed by atoms with E-state index >= 15 is 0 Å². The maximum Gasteiger partial charge on any atom is 0.245 e. The summed E-state index contributed by atoms with van der Waals surface area (Å²) in [5.41, 5.74) is 5.97. The number of fused-ring (bicyclic) bond motifs is 1. The molecule has 2 heterocycles. The number of carbonyl (C=O) groups excluding carboxylic acids is 2. The first-order valence-corrected chi connectivity index (χ1v) is 12.6. The van der Waals surface area contributed by atoms with Crippen molar-refractivity contribution in [1.82, 2.24) is 14.5 Å². The number of piperidine rings is 1. The van der Waals surface area contributed by atoms with Gasteiger partial charge in [-0.2, -0.15) is 4.72 Å². The normalized spacial score (nSPS) is 23.0. The van der Waals surface area contributed by atoms with Crippen molar-refractivity contribution in [2.45, 2.75) is 49.2 Å². The van der Waals surface area contributed by atoms with Crippen molar-refractivity contribution < 1.29 is 18.0 Å². The van der Waals surface area contributed by atoms with Crippen LogP contribution in [0.1, 0.15) is 26.2 Å². The van der Waals surface area contributed by atoms with E-state index in [1.165, 1.54) is 11.0 Å². The zero-order valence-electron chi connectivity index (χ0n) is 17.8. The van der Waals surface area contributed by atoms with Crippen LogP contribution in [0.5, 0.6) is 0 Å². The molecule has 2 aliphatic heterocycles. The molecule has 1 unspecified atom stereocenters. The highest BCUT2D eigenvalue weighted by Crippen LogP contribution is 2.24. The number of amides is 2. The zero-order valence-corrected chi connectivity index (χ0v) is 19.4. The van der Waals surface area contributed by atoms with Crippen molar-refractivity contribution in [2.75, 3.05) is 19.6 Å². The van der Waals surface area contributed by atoms with Crippen LogP contribution in [0.2, 0.25) is 5.02 Å². The van der Waals surface area contributed by atoms with Crippen molar-refractivity contribution >= 4 is 44.2 Å². The quantitative estimate of drug-likeness (QED) is 0.679. The molecular formula is C22H27ClN4O4S.